The molecule has 2 N–H and O–H groups in total. The third kappa shape index (κ3) is 6.65. The van der Waals surface area contributed by atoms with Gasteiger partial charge in [-0.15, -0.1) is 0 Å². The minimum atomic E-state index is -3.44. The zero-order chi connectivity index (χ0) is 22.5. The lowest BCUT2D eigenvalue weighted by Crippen LogP contribution is -2.27. The molecule has 8 nitrogen and oxygen atoms in total. The number of carbonyl (C=O) groups excluding carboxylic acids is 1. The first-order valence-corrected chi connectivity index (χ1v) is 13.1. The Labute approximate surface area is 183 Å². The van der Waals surface area contributed by atoms with Gasteiger partial charge in [-0.05, 0) is 54.3 Å². The fourth-order valence-corrected chi connectivity index (χ4v) is 5.23. The molecular formula is C21H25N3O5S2. The van der Waals surface area contributed by atoms with Gasteiger partial charge in [0, 0.05) is 31.4 Å². The maximum Gasteiger partial charge on any atom is 0.244 e. The zero-order valence-corrected chi connectivity index (χ0v) is 18.7. The smallest absolute Gasteiger partial charge is 0.244 e. The van der Waals surface area contributed by atoms with Crippen molar-refractivity contribution < 1.29 is 21.6 Å². The molecule has 0 aliphatic carbocycles. The maximum absolute atomic E-state index is 12.5. The highest BCUT2D eigenvalue weighted by atomic mass is 32.2. The quantitative estimate of drug-likeness (QED) is 0.583. The molecule has 0 atom stereocenters. The highest BCUT2D eigenvalue weighted by molar-refractivity contribution is 7.92. The van der Waals surface area contributed by atoms with Gasteiger partial charge >= 0.3 is 0 Å². The lowest BCUT2D eigenvalue weighted by atomic mass is 10.2. The van der Waals surface area contributed by atoms with Gasteiger partial charge in [0.15, 0.2) is 0 Å². The summed E-state index contributed by atoms with van der Waals surface area (Å²) in [5.41, 5.74) is 1.98. The van der Waals surface area contributed by atoms with Gasteiger partial charge in [-0.3, -0.25) is 9.52 Å². The Balaban J connectivity index is 1.52. The van der Waals surface area contributed by atoms with E-state index in [0.717, 1.165) is 30.2 Å². The van der Waals surface area contributed by atoms with E-state index >= 15 is 0 Å². The van der Waals surface area contributed by atoms with E-state index in [4.69, 9.17) is 0 Å². The predicted molar refractivity (Wildman–Crippen MR) is 120 cm³/mol. The van der Waals surface area contributed by atoms with Gasteiger partial charge in [0.25, 0.3) is 0 Å². The zero-order valence-electron chi connectivity index (χ0n) is 17.1. The van der Waals surface area contributed by atoms with Crippen molar-refractivity contribution in [2.75, 3.05) is 24.1 Å². The first-order valence-electron chi connectivity index (χ1n) is 9.76. The molecule has 1 saturated heterocycles. The minimum absolute atomic E-state index is 0.262. The van der Waals surface area contributed by atoms with Gasteiger partial charge in [-0.25, -0.2) is 16.8 Å². The Bertz CT molecular complexity index is 1150. The molecule has 1 heterocycles. The SMILES string of the molecule is CS(=O)(=O)Nc1ccc(/C=C/C(=O)NCc2ccc(S(=O)(=O)N3CCCC3)cc2)cc1. The number of nitrogens with zero attached hydrogens (tertiary/aromatic N) is 1. The van der Waals surface area contributed by atoms with Crippen molar-refractivity contribution in [1.82, 2.24) is 9.62 Å². The van der Waals surface area contributed by atoms with Crippen molar-refractivity contribution in [2.24, 2.45) is 0 Å². The van der Waals surface area contributed by atoms with Crippen molar-refractivity contribution in [3.05, 3.63) is 65.7 Å². The Morgan fingerprint density at radius 3 is 2.16 bits per heavy atom. The van der Waals surface area contributed by atoms with Crippen LogP contribution in [-0.2, 0) is 31.4 Å². The summed E-state index contributed by atoms with van der Waals surface area (Å²) < 4.78 is 51.4. The number of amides is 1. The fourth-order valence-electron chi connectivity index (χ4n) is 3.15. The normalized spacial score (nSPS) is 15.3. The van der Waals surface area contributed by atoms with Crippen LogP contribution in [0.4, 0.5) is 5.69 Å². The Morgan fingerprint density at radius 1 is 0.968 bits per heavy atom. The third-order valence-corrected chi connectivity index (χ3v) is 7.25. The van der Waals surface area contributed by atoms with E-state index in [9.17, 15) is 21.6 Å². The predicted octanol–water partition coefficient (Wildman–Crippen LogP) is 2.17. The number of carbonyl (C=O) groups is 1. The van der Waals surface area contributed by atoms with E-state index in [1.54, 1.807) is 54.6 Å². The maximum atomic E-state index is 12.5. The molecule has 0 spiro atoms. The van der Waals surface area contributed by atoms with Crippen LogP contribution in [-0.4, -0.2) is 46.4 Å². The molecule has 1 aliphatic heterocycles. The molecule has 2 aromatic rings. The van der Waals surface area contributed by atoms with E-state index in [0.29, 0.717) is 18.8 Å². The number of nitrogens with one attached hydrogen (secondary N) is 2. The van der Waals surface area contributed by atoms with E-state index in [2.05, 4.69) is 10.0 Å². The lowest BCUT2D eigenvalue weighted by Gasteiger charge is -2.15. The molecule has 31 heavy (non-hydrogen) atoms. The molecule has 1 aliphatic rings. The molecule has 1 amide bonds. The van der Waals surface area contributed by atoms with Crippen molar-refractivity contribution in [2.45, 2.75) is 24.3 Å². The van der Waals surface area contributed by atoms with Crippen LogP contribution < -0.4 is 10.0 Å². The number of sulfonamides is 2. The second-order valence-electron chi connectivity index (χ2n) is 7.30. The topological polar surface area (TPSA) is 113 Å². The minimum Gasteiger partial charge on any atom is -0.348 e. The average molecular weight is 464 g/mol. The van der Waals surface area contributed by atoms with Gasteiger partial charge in [-0.2, -0.15) is 4.31 Å². The van der Waals surface area contributed by atoms with Crippen LogP contribution in [0.3, 0.4) is 0 Å². The molecule has 0 aromatic heterocycles. The van der Waals surface area contributed by atoms with Gasteiger partial charge in [0.05, 0.1) is 11.2 Å². The van der Waals surface area contributed by atoms with Gasteiger partial charge < -0.3 is 5.32 Å². The van der Waals surface area contributed by atoms with Crippen molar-refractivity contribution in [3.63, 3.8) is 0 Å². The van der Waals surface area contributed by atoms with Gasteiger partial charge in [0.1, 0.15) is 0 Å². The van der Waals surface area contributed by atoms with Gasteiger partial charge in [0.2, 0.25) is 26.0 Å². The largest absolute Gasteiger partial charge is 0.348 e. The molecule has 0 bridgehead atoms. The van der Waals surface area contributed by atoms with E-state index in [1.807, 2.05) is 0 Å². The number of benzene rings is 2. The average Bonchev–Trinajstić information content (AvgIpc) is 3.27. The molecule has 166 valence electrons. The van der Waals surface area contributed by atoms with E-state index in [-0.39, 0.29) is 17.3 Å². The summed E-state index contributed by atoms with van der Waals surface area (Å²) in [6.07, 6.45) is 5.85. The standard InChI is InChI=1S/C21H25N3O5S2/c1-30(26,27)23-19-9-4-17(5-10-19)8-13-21(25)22-16-18-6-11-20(12-7-18)31(28,29)24-14-2-3-15-24/h4-13,23H,2-3,14-16H2,1H3,(H,22,25)/b13-8+. The van der Waals surface area contributed by atoms with Crippen molar-refractivity contribution in [3.8, 4) is 0 Å². The van der Waals surface area contributed by atoms with Crippen LogP contribution in [0.2, 0.25) is 0 Å². The second kappa shape index (κ2) is 9.63. The summed E-state index contributed by atoms with van der Waals surface area (Å²) >= 11 is 0. The number of hydrogen-bond donors (Lipinski definition) is 2. The molecule has 2 aromatic carbocycles. The van der Waals surface area contributed by atoms with Crippen LogP contribution in [0.25, 0.3) is 6.08 Å². The van der Waals surface area contributed by atoms with E-state index in [1.165, 1.54) is 10.4 Å². The second-order valence-corrected chi connectivity index (χ2v) is 11.0. The summed E-state index contributed by atoms with van der Waals surface area (Å²) in [5, 5.41) is 2.75. The summed E-state index contributed by atoms with van der Waals surface area (Å²) in [6, 6.07) is 13.1. The molecule has 0 unspecified atom stereocenters. The monoisotopic (exact) mass is 463 g/mol. The Hall–Kier alpha value is -2.69. The molecular weight excluding hydrogens is 438 g/mol. The van der Waals surface area contributed by atoms with Crippen LogP contribution in [0.15, 0.2) is 59.5 Å². The van der Waals surface area contributed by atoms with Crippen LogP contribution in [0, 0.1) is 0 Å². The number of hydrogen-bond acceptors (Lipinski definition) is 5. The van der Waals surface area contributed by atoms with Gasteiger partial charge in [-0.1, -0.05) is 24.3 Å². The number of anilines is 1. The first-order chi connectivity index (χ1) is 14.6. The lowest BCUT2D eigenvalue weighted by molar-refractivity contribution is -0.116. The molecule has 3 rings (SSSR count). The molecule has 10 heteroatoms. The summed E-state index contributed by atoms with van der Waals surface area (Å²) in [4.78, 5) is 12.3. The van der Waals surface area contributed by atoms with E-state index < -0.39 is 20.0 Å². The summed E-state index contributed by atoms with van der Waals surface area (Å²) in [6.45, 7) is 1.39. The Morgan fingerprint density at radius 2 is 1.58 bits per heavy atom. The van der Waals surface area contributed by atoms with Crippen LogP contribution >= 0.6 is 0 Å². The first kappa shape index (κ1) is 23.0. The van der Waals surface area contributed by atoms with Crippen molar-refractivity contribution >= 4 is 37.7 Å². The van der Waals surface area contributed by atoms with Crippen LogP contribution in [0.5, 0.6) is 0 Å². The van der Waals surface area contributed by atoms with Crippen molar-refractivity contribution in [1.29, 1.82) is 0 Å². The van der Waals surface area contributed by atoms with Crippen LogP contribution in [0.1, 0.15) is 24.0 Å². The fraction of sp³-hybridized carbons (Fsp3) is 0.286. The molecule has 0 radical (unpaired) electrons. The third-order valence-electron chi connectivity index (χ3n) is 4.73. The molecule has 1 fully saturated rings. The number of rotatable bonds is 8. The summed E-state index contributed by atoms with van der Waals surface area (Å²) in [7, 11) is -6.78. The molecule has 0 saturated carbocycles. The summed E-state index contributed by atoms with van der Waals surface area (Å²) in [5.74, 6) is -0.299. The highest BCUT2D eigenvalue weighted by Gasteiger charge is 2.26. The Kier molecular flexibility index (Phi) is 7.14. The highest BCUT2D eigenvalue weighted by Crippen LogP contribution is 2.21.